The van der Waals surface area contributed by atoms with Crippen LogP contribution in [-0.4, -0.2) is 25.4 Å². The summed E-state index contributed by atoms with van der Waals surface area (Å²) in [5, 5.41) is 0. The lowest BCUT2D eigenvalue weighted by Crippen LogP contribution is -2.09. The third-order valence-corrected chi connectivity index (χ3v) is 4.77. The van der Waals surface area contributed by atoms with E-state index in [2.05, 4.69) is 27.7 Å². The van der Waals surface area contributed by atoms with Gasteiger partial charge in [0, 0.05) is 13.2 Å². The standard InChI is InChI=1S/C22H46O2/c1-5-7-15-19-23-21(3)17-13-11-9-10-12-14-18-22(4)24-20-16-8-6-2/h21-22H,5-20H2,1-4H3. The van der Waals surface area contributed by atoms with Gasteiger partial charge in [-0.05, 0) is 39.5 Å². The van der Waals surface area contributed by atoms with Crippen LogP contribution in [0.4, 0.5) is 0 Å². The Balaban J connectivity index is 3.21. The molecule has 0 aliphatic carbocycles. The Morgan fingerprint density at radius 2 is 0.875 bits per heavy atom. The van der Waals surface area contributed by atoms with Gasteiger partial charge < -0.3 is 9.47 Å². The second-order valence-electron chi connectivity index (χ2n) is 7.48. The van der Waals surface area contributed by atoms with E-state index in [0.717, 1.165) is 13.2 Å². The van der Waals surface area contributed by atoms with Crippen molar-refractivity contribution in [3.05, 3.63) is 0 Å². The summed E-state index contributed by atoms with van der Waals surface area (Å²) >= 11 is 0. The highest BCUT2D eigenvalue weighted by Gasteiger charge is 2.03. The van der Waals surface area contributed by atoms with Crippen LogP contribution in [0.15, 0.2) is 0 Å². The summed E-state index contributed by atoms with van der Waals surface area (Å²) in [6.07, 6.45) is 19.1. The fourth-order valence-corrected chi connectivity index (χ4v) is 3.01. The molecule has 2 heteroatoms. The van der Waals surface area contributed by atoms with Crippen LogP contribution in [0.1, 0.15) is 118 Å². The molecule has 0 fully saturated rings. The molecular weight excluding hydrogens is 296 g/mol. The Labute approximate surface area is 153 Å². The van der Waals surface area contributed by atoms with Crippen molar-refractivity contribution >= 4 is 0 Å². The molecule has 2 unspecified atom stereocenters. The molecule has 0 amide bonds. The quantitative estimate of drug-likeness (QED) is 0.229. The first kappa shape index (κ1) is 23.9. The SMILES string of the molecule is CCCCCOC(C)CCCCCCCCC(C)OCCCCC. The molecular formula is C22H46O2. The van der Waals surface area contributed by atoms with Crippen molar-refractivity contribution < 1.29 is 9.47 Å². The predicted octanol–water partition coefficient (Wildman–Crippen LogP) is 7.30. The molecule has 2 atom stereocenters. The van der Waals surface area contributed by atoms with E-state index in [4.69, 9.17) is 9.47 Å². The van der Waals surface area contributed by atoms with Crippen LogP contribution < -0.4 is 0 Å². The first-order valence-electron chi connectivity index (χ1n) is 10.9. The lowest BCUT2D eigenvalue weighted by Gasteiger charge is -2.13. The highest BCUT2D eigenvalue weighted by molar-refractivity contribution is 4.55. The fraction of sp³-hybridized carbons (Fsp3) is 1.00. The van der Waals surface area contributed by atoms with Crippen molar-refractivity contribution in [2.75, 3.05) is 13.2 Å². The van der Waals surface area contributed by atoms with Crippen LogP contribution in [0.25, 0.3) is 0 Å². The Morgan fingerprint density at radius 1 is 0.500 bits per heavy atom. The van der Waals surface area contributed by atoms with Crippen molar-refractivity contribution in [3.8, 4) is 0 Å². The van der Waals surface area contributed by atoms with Gasteiger partial charge in [-0.15, -0.1) is 0 Å². The Morgan fingerprint density at radius 3 is 1.25 bits per heavy atom. The van der Waals surface area contributed by atoms with Gasteiger partial charge in [0.15, 0.2) is 0 Å². The maximum absolute atomic E-state index is 5.85. The van der Waals surface area contributed by atoms with Crippen LogP contribution in [-0.2, 0) is 9.47 Å². The van der Waals surface area contributed by atoms with Crippen molar-refractivity contribution in [2.45, 2.75) is 130 Å². The molecule has 24 heavy (non-hydrogen) atoms. The van der Waals surface area contributed by atoms with E-state index < -0.39 is 0 Å². The van der Waals surface area contributed by atoms with E-state index >= 15 is 0 Å². The van der Waals surface area contributed by atoms with Gasteiger partial charge in [-0.25, -0.2) is 0 Å². The minimum Gasteiger partial charge on any atom is -0.379 e. The van der Waals surface area contributed by atoms with Crippen LogP contribution in [0.2, 0.25) is 0 Å². The van der Waals surface area contributed by atoms with E-state index in [0.29, 0.717) is 12.2 Å². The van der Waals surface area contributed by atoms with Crippen molar-refractivity contribution in [1.82, 2.24) is 0 Å². The number of ether oxygens (including phenoxy) is 2. The summed E-state index contributed by atoms with van der Waals surface area (Å²) in [5.74, 6) is 0. The summed E-state index contributed by atoms with van der Waals surface area (Å²) < 4.78 is 11.7. The fourth-order valence-electron chi connectivity index (χ4n) is 3.01. The summed E-state index contributed by atoms with van der Waals surface area (Å²) in [6.45, 7) is 10.8. The Hall–Kier alpha value is -0.0800. The van der Waals surface area contributed by atoms with Gasteiger partial charge in [-0.3, -0.25) is 0 Å². The minimum absolute atomic E-state index is 0.451. The van der Waals surface area contributed by atoms with Crippen LogP contribution in [0.5, 0.6) is 0 Å². The molecule has 2 nitrogen and oxygen atoms in total. The smallest absolute Gasteiger partial charge is 0.0547 e. The molecule has 0 aliphatic heterocycles. The van der Waals surface area contributed by atoms with Gasteiger partial charge in [0.25, 0.3) is 0 Å². The third-order valence-electron chi connectivity index (χ3n) is 4.77. The van der Waals surface area contributed by atoms with Crippen LogP contribution in [0, 0.1) is 0 Å². The zero-order valence-electron chi connectivity index (χ0n) is 17.3. The minimum atomic E-state index is 0.451. The molecule has 0 radical (unpaired) electrons. The van der Waals surface area contributed by atoms with Gasteiger partial charge in [0.05, 0.1) is 12.2 Å². The summed E-state index contributed by atoms with van der Waals surface area (Å²) in [4.78, 5) is 0. The normalized spacial score (nSPS) is 14.0. The van der Waals surface area contributed by atoms with Gasteiger partial charge >= 0.3 is 0 Å². The van der Waals surface area contributed by atoms with E-state index in [-0.39, 0.29) is 0 Å². The third kappa shape index (κ3) is 18.3. The maximum Gasteiger partial charge on any atom is 0.0547 e. The molecule has 0 N–H and O–H groups in total. The molecule has 0 bridgehead atoms. The topological polar surface area (TPSA) is 18.5 Å². The van der Waals surface area contributed by atoms with E-state index in [9.17, 15) is 0 Å². The molecule has 0 spiro atoms. The second-order valence-corrected chi connectivity index (χ2v) is 7.48. The monoisotopic (exact) mass is 342 g/mol. The molecule has 146 valence electrons. The summed E-state index contributed by atoms with van der Waals surface area (Å²) in [5.41, 5.74) is 0. The molecule has 0 aromatic carbocycles. The van der Waals surface area contributed by atoms with Crippen molar-refractivity contribution in [1.29, 1.82) is 0 Å². The first-order chi connectivity index (χ1) is 11.7. The van der Waals surface area contributed by atoms with Gasteiger partial charge in [0.1, 0.15) is 0 Å². The lowest BCUT2D eigenvalue weighted by molar-refractivity contribution is 0.0550. The number of hydrogen-bond acceptors (Lipinski definition) is 2. The van der Waals surface area contributed by atoms with Crippen LogP contribution in [0.3, 0.4) is 0 Å². The van der Waals surface area contributed by atoms with Crippen LogP contribution >= 0.6 is 0 Å². The molecule has 0 aliphatic rings. The Bertz CT molecular complexity index is 206. The highest BCUT2D eigenvalue weighted by atomic mass is 16.5. The van der Waals surface area contributed by atoms with Gasteiger partial charge in [-0.2, -0.15) is 0 Å². The maximum atomic E-state index is 5.85. The predicted molar refractivity (Wildman–Crippen MR) is 107 cm³/mol. The summed E-state index contributed by atoms with van der Waals surface area (Å²) in [7, 11) is 0. The molecule has 0 saturated heterocycles. The molecule has 0 rings (SSSR count). The van der Waals surface area contributed by atoms with E-state index in [1.165, 1.54) is 89.9 Å². The van der Waals surface area contributed by atoms with E-state index in [1.807, 2.05) is 0 Å². The molecule has 0 saturated carbocycles. The van der Waals surface area contributed by atoms with Crippen molar-refractivity contribution in [3.63, 3.8) is 0 Å². The first-order valence-corrected chi connectivity index (χ1v) is 10.9. The number of rotatable bonds is 19. The Kier molecular flexibility index (Phi) is 19.2. The largest absolute Gasteiger partial charge is 0.379 e. The zero-order chi connectivity index (χ0) is 17.9. The molecule has 0 aromatic rings. The van der Waals surface area contributed by atoms with Crippen molar-refractivity contribution in [2.24, 2.45) is 0 Å². The van der Waals surface area contributed by atoms with Gasteiger partial charge in [0.2, 0.25) is 0 Å². The average Bonchev–Trinajstić information content (AvgIpc) is 2.58. The van der Waals surface area contributed by atoms with E-state index in [1.54, 1.807) is 0 Å². The summed E-state index contributed by atoms with van der Waals surface area (Å²) in [6, 6.07) is 0. The average molecular weight is 343 g/mol. The van der Waals surface area contributed by atoms with Gasteiger partial charge in [-0.1, -0.05) is 78.1 Å². The molecule has 0 aromatic heterocycles. The number of hydrogen-bond donors (Lipinski definition) is 0. The highest BCUT2D eigenvalue weighted by Crippen LogP contribution is 2.13. The lowest BCUT2D eigenvalue weighted by atomic mass is 10.1. The molecule has 0 heterocycles. The number of unbranched alkanes of at least 4 members (excludes halogenated alkanes) is 9. The second kappa shape index (κ2) is 19.2. The zero-order valence-corrected chi connectivity index (χ0v) is 17.3.